The van der Waals surface area contributed by atoms with Crippen LogP contribution < -0.4 is 11.7 Å². The van der Waals surface area contributed by atoms with Crippen LogP contribution in [0.4, 0.5) is 0 Å². The van der Waals surface area contributed by atoms with E-state index in [-0.39, 0.29) is 41.3 Å². The van der Waals surface area contributed by atoms with Gasteiger partial charge in [0, 0.05) is 16.5 Å². The molecule has 0 aliphatic carbocycles. The van der Waals surface area contributed by atoms with Crippen LogP contribution in [0, 0.1) is 0 Å². The molecule has 0 radical (unpaired) electrons. The number of rotatable bonds is 0. The minimum atomic E-state index is 0. The molecule has 5 heavy (non-hydrogen) atoms. The molecule has 0 aromatic rings. The summed E-state index contributed by atoms with van der Waals surface area (Å²) in [4.78, 5) is 0. The fourth-order valence-corrected chi connectivity index (χ4v) is 0. The van der Waals surface area contributed by atoms with E-state index in [2.05, 4.69) is 11.7 Å². The van der Waals surface area contributed by atoms with E-state index in [4.69, 9.17) is 0 Å². The van der Waals surface area contributed by atoms with Crippen molar-refractivity contribution in [1.29, 1.82) is 0 Å². The first kappa shape index (κ1) is 37.6. The first-order valence-corrected chi connectivity index (χ1v) is 0.333. The van der Waals surface area contributed by atoms with Gasteiger partial charge >= 0.3 is 0 Å². The van der Waals surface area contributed by atoms with Crippen molar-refractivity contribution < 1.29 is 16.5 Å². The summed E-state index contributed by atoms with van der Waals surface area (Å²) in [6.45, 7) is 0. The van der Waals surface area contributed by atoms with Crippen LogP contribution in [0.5, 0.6) is 0 Å². The normalized spacial score (nSPS) is 1.20. The van der Waals surface area contributed by atoms with Crippen LogP contribution >= 0.6 is 24.8 Å². The second kappa shape index (κ2) is 80.7. The van der Waals surface area contributed by atoms with Gasteiger partial charge in [0.1, 0.15) is 0 Å². The predicted molar refractivity (Wildman–Crippen MR) is 22.9 cm³/mol. The van der Waals surface area contributed by atoms with Gasteiger partial charge in [0.25, 0.3) is 0 Å². The molecule has 0 bridgehead atoms. The molecule has 0 aromatic heterocycles. The molecule has 0 aromatic carbocycles. The second-order valence-electron chi connectivity index (χ2n) is 0. The topological polar surface area (TPSA) is 52.0 Å². The smallest absolute Gasteiger partial charge is 0 e. The zero-order valence-electron chi connectivity index (χ0n) is 2.29. The Morgan fingerprint density at radius 1 is 0.800 bits per heavy atom. The van der Waals surface area contributed by atoms with E-state index >= 15 is 0 Å². The molecule has 0 atom stereocenters. The van der Waals surface area contributed by atoms with E-state index < -0.39 is 0 Å². The summed E-state index contributed by atoms with van der Waals surface area (Å²) in [5.41, 5.74) is 0. The molecule has 0 unspecified atom stereocenters. The quantitative estimate of drug-likeness (QED) is 0.292. The van der Waals surface area contributed by atoms with Gasteiger partial charge in [-0.25, -0.2) is 0 Å². The molecular formula is H6Cl2N2Ni. The molecule has 0 heterocycles. The first-order valence-electron chi connectivity index (χ1n) is 0.333. The third-order valence-corrected chi connectivity index (χ3v) is 0. The monoisotopic (exact) mass is 162 g/mol. The van der Waals surface area contributed by atoms with E-state index in [0.717, 1.165) is 0 Å². The molecule has 0 saturated heterocycles. The van der Waals surface area contributed by atoms with Gasteiger partial charge in [-0.15, -0.1) is 24.8 Å². The van der Waals surface area contributed by atoms with Crippen LogP contribution in [0.3, 0.4) is 0 Å². The maximum absolute atomic E-state index is 4.00. The zero-order chi connectivity index (χ0) is 2.00. The third-order valence-electron chi connectivity index (χ3n) is 0. The van der Waals surface area contributed by atoms with Crippen molar-refractivity contribution in [3.05, 3.63) is 0 Å². The fraction of sp³-hybridized carbons (Fsp3) is 0. The maximum atomic E-state index is 4.00. The first-order chi connectivity index (χ1) is 1.00. The summed E-state index contributed by atoms with van der Waals surface area (Å²) < 4.78 is 0. The Labute approximate surface area is 53.4 Å². The third kappa shape index (κ3) is 45.3. The van der Waals surface area contributed by atoms with Gasteiger partial charge in [-0.2, -0.15) is 0 Å². The van der Waals surface area contributed by atoms with Crippen molar-refractivity contribution in [2.24, 2.45) is 11.7 Å². The van der Waals surface area contributed by atoms with E-state index in [1.807, 2.05) is 0 Å². The molecule has 2 nitrogen and oxygen atoms in total. The van der Waals surface area contributed by atoms with Crippen molar-refractivity contribution in [3.8, 4) is 0 Å². The number of hydrogen-bond acceptors (Lipinski definition) is 2. The Bertz CT molecular complexity index is 7.61. The van der Waals surface area contributed by atoms with E-state index in [0.29, 0.717) is 0 Å². The Morgan fingerprint density at radius 2 is 0.800 bits per heavy atom. The molecule has 0 aliphatic heterocycles. The van der Waals surface area contributed by atoms with Crippen molar-refractivity contribution in [2.75, 3.05) is 0 Å². The SMILES string of the molecule is Cl.Cl.NN.[Ni]. The van der Waals surface area contributed by atoms with Crippen molar-refractivity contribution >= 4 is 24.8 Å². The van der Waals surface area contributed by atoms with Gasteiger partial charge in [0.2, 0.25) is 0 Å². The van der Waals surface area contributed by atoms with Crippen LogP contribution in [0.1, 0.15) is 0 Å². The van der Waals surface area contributed by atoms with Crippen LogP contribution in [-0.2, 0) is 16.5 Å². The second-order valence-corrected chi connectivity index (χ2v) is 0. The Morgan fingerprint density at radius 3 is 0.800 bits per heavy atom. The van der Waals surface area contributed by atoms with Gasteiger partial charge in [-0.1, -0.05) is 0 Å². The number of halogens is 2. The van der Waals surface area contributed by atoms with Gasteiger partial charge in [-0.3, -0.25) is 11.7 Å². The summed E-state index contributed by atoms with van der Waals surface area (Å²) in [7, 11) is 0. The maximum Gasteiger partial charge on any atom is 0 e. The van der Waals surface area contributed by atoms with Gasteiger partial charge in [0.15, 0.2) is 0 Å². The minimum Gasteiger partial charge on any atom is -0.274 e. The molecule has 5 heteroatoms. The van der Waals surface area contributed by atoms with E-state index in [9.17, 15) is 0 Å². The number of hydrazine groups is 1. The van der Waals surface area contributed by atoms with Gasteiger partial charge in [0.05, 0.1) is 0 Å². The Balaban J connectivity index is -0.00000000167. The molecule has 0 rings (SSSR count). The summed E-state index contributed by atoms with van der Waals surface area (Å²) in [5, 5.41) is 0. The molecule has 0 amide bonds. The summed E-state index contributed by atoms with van der Waals surface area (Å²) in [6.07, 6.45) is 0. The van der Waals surface area contributed by atoms with Crippen molar-refractivity contribution in [1.82, 2.24) is 0 Å². The van der Waals surface area contributed by atoms with Crippen molar-refractivity contribution in [3.63, 3.8) is 0 Å². The van der Waals surface area contributed by atoms with Crippen LogP contribution in [-0.4, -0.2) is 0 Å². The van der Waals surface area contributed by atoms with E-state index in [1.54, 1.807) is 0 Å². The molecule has 0 saturated carbocycles. The minimum absolute atomic E-state index is 0. The molecular weight excluding hydrogens is 158 g/mol. The van der Waals surface area contributed by atoms with Gasteiger partial charge in [-0.05, 0) is 0 Å². The molecule has 4 N–H and O–H groups in total. The largest absolute Gasteiger partial charge is 0.274 e. The van der Waals surface area contributed by atoms with Crippen LogP contribution in [0.2, 0.25) is 0 Å². The predicted octanol–water partition coefficient (Wildman–Crippen LogP) is -0.340. The summed E-state index contributed by atoms with van der Waals surface area (Å²) in [6, 6.07) is 0. The number of hydrogen-bond donors (Lipinski definition) is 2. The van der Waals surface area contributed by atoms with Crippen LogP contribution in [0.25, 0.3) is 0 Å². The average molecular weight is 164 g/mol. The number of nitrogens with two attached hydrogens (primary N) is 2. The fourth-order valence-electron chi connectivity index (χ4n) is 0. The summed E-state index contributed by atoms with van der Waals surface area (Å²) >= 11 is 0. The van der Waals surface area contributed by atoms with Crippen LogP contribution in [0.15, 0.2) is 0 Å². The molecule has 0 fully saturated rings. The molecule has 0 aliphatic rings. The Kier molecular flexibility index (Phi) is 607. The zero-order valence-corrected chi connectivity index (χ0v) is 4.91. The average Bonchev–Trinajstić information content (AvgIpc) is 1.00. The van der Waals surface area contributed by atoms with Crippen molar-refractivity contribution in [2.45, 2.75) is 0 Å². The van der Waals surface area contributed by atoms with Gasteiger partial charge < -0.3 is 0 Å². The Hall–Kier alpha value is 0.994. The molecule has 0 spiro atoms. The van der Waals surface area contributed by atoms with E-state index in [1.165, 1.54) is 0 Å². The standard InChI is InChI=1S/2ClH.H4N2.Ni/c;;1-2;/h2*1H;1-2H2;. The summed E-state index contributed by atoms with van der Waals surface area (Å²) in [5.74, 6) is 8.00. The molecule has 40 valence electrons.